The summed E-state index contributed by atoms with van der Waals surface area (Å²) in [5, 5.41) is 5.19. The highest BCUT2D eigenvalue weighted by molar-refractivity contribution is 6.07. The molecule has 0 amide bonds. The van der Waals surface area contributed by atoms with Gasteiger partial charge >= 0.3 is 0 Å². The molecule has 0 saturated heterocycles. The van der Waals surface area contributed by atoms with Crippen LogP contribution >= 0.6 is 0 Å². The van der Waals surface area contributed by atoms with Crippen molar-refractivity contribution in [1.29, 1.82) is 0 Å². The van der Waals surface area contributed by atoms with E-state index >= 15 is 0 Å². The summed E-state index contributed by atoms with van der Waals surface area (Å²) < 4.78 is 0. The van der Waals surface area contributed by atoms with Gasteiger partial charge in [0.1, 0.15) is 0 Å². The van der Waals surface area contributed by atoms with E-state index < -0.39 is 0 Å². The second-order valence-electron chi connectivity index (χ2n) is 12.5. The van der Waals surface area contributed by atoms with E-state index in [2.05, 4.69) is 160 Å². The largest absolute Gasteiger partial charge is 0.102 e. The summed E-state index contributed by atoms with van der Waals surface area (Å²) >= 11 is 0. The molecular weight excluding hydrogens is 601 g/mol. The standard InChI is InChI=1S/C46H40.2C2H6/c1-5-12-34-25-26-43(45-18-11-17-44(46(34)45)42-16-9-8-13-31(42)4)41-15-10-14-35(30-41)37-21-22-40-29-38(23-24-39(40)28-37)36-20-19-32(6-2)33(7-3)27-36;2*1-2/h6-11,13-30,32-33H,2-3,5,12H2,1,4H3;2*1-2H3. The van der Waals surface area contributed by atoms with E-state index in [-0.39, 0.29) is 5.92 Å². The van der Waals surface area contributed by atoms with Gasteiger partial charge in [-0.1, -0.05) is 168 Å². The van der Waals surface area contributed by atoms with Gasteiger partial charge in [-0.15, -0.1) is 13.2 Å². The van der Waals surface area contributed by atoms with Gasteiger partial charge in [0, 0.05) is 11.8 Å². The van der Waals surface area contributed by atoms with Gasteiger partial charge in [0.25, 0.3) is 0 Å². The third-order valence-electron chi connectivity index (χ3n) is 9.62. The summed E-state index contributed by atoms with van der Waals surface area (Å²) in [4.78, 5) is 0. The van der Waals surface area contributed by atoms with Crippen molar-refractivity contribution in [2.24, 2.45) is 11.8 Å². The zero-order valence-corrected chi connectivity index (χ0v) is 30.8. The minimum atomic E-state index is 0.275. The van der Waals surface area contributed by atoms with E-state index in [0.29, 0.717) is 5.92 Å². The Morgan fingerprint density at radius 3 is 1.94 bits per heavy atom. The second kappa shape index (κ2) is 17.0. The Balaban J connectivity index is 0.00000117. The normalized spacial score (nSPS) is 15.0. The van der Waals surface area contributed by atoms with Gasteiger partial charge in [-0.05, 0) is 109 Å². The average Bonchev–Trinajstić information content (AvgIpc) is 3.19. The molecule has 50 heavy (non-hydrogen) atoms. The first kappa shape index (κ1) is 36.1. The van der Waals surface area contributed by atoms with Crippen molar-refractivity contribution < 1.29 is 0 Å². The molecule has 1 aliphatic carbocycles. The number of hydrogen-bond donors (Lipinski definition) is 0. The average molecular weight is 653 g/mol. The van der Waals surface area contributed by atoms with Crippen molar-refractivity contribution >= 4 is 27.1 Å². The van der Waals surface area contributed by atoms with Gasteiger partial charge in [-0.3, -0.25) is 0 Å². The Labute approximate surface area is 301 Å². The van der Waals surface area contributed by atoms with Crippen molar-refractivity contribution in [3.8, 4) is 33.4 Å². The molecule has 6 aromatic carbocycles. The fourth-order valence-electron chi connectivity index (χ4n) is 7.15. The van der Waals surface area contributed by atoms with Crippen LogP contribution in [0.3, 0.4) is 0 Å². The van der Waals surface area contributed by atoms with Crippen molar-refractivity contribution in [1.82, 2.24) is 0 Å². The zero-order valence-electron chi connectivity index (χ0n) is 30.8. The summed E-state index contributed by atoms with van der Waals surface area (Å²) in [6.45, 7) is 20.5. The SMILES string of the molecule is C=CC1C=CC(c2ccc3cc(-c4cccc(-c5ccc(CCC)c6c(-c7ccccc7C)cccc56)c4)ccc3c2)=CC1C=C.CC.CC. The Bertz CT molecular complexity index is 2170. The first-order valence-electron chi connectivity index (χ1n) is 18.5. The molecule has 0 bridgehead atoms. The Morgan fingerprint density at radius 2 is 1.22 bits per heavy atom. The zero-order chi connectivity index (χ0) is 35.6. The topological polar surface area (TPSA) is 0 Å². The van der Waals surface area contributed by atoms with Gasteiger partial charge in [-0.2, -0.15) is 0 Å². The molecule has 0 aliphatic heterocycles. The third-order valence-corrected chi connectivity index (χ3v) is 9.62. The van der Waals surface area contributed by atoms with Crippen LogP contribution in [0.2, 0.25) is 0 Å². The monoisotopic (exact) mass is 652 g/mol. The van der Waals surface area contributed by atoms with Crippen LogP contribution in [0.15, 0.2) is 159 Å². The molecular formula is C50H52. The van der Waals surface area contributed by atoms with Gasteiger partial charge in [-0.25, -0.2) is 0 Å². The number of aryl methyl sites for hydroxylation is 2. The molecule has 0 saturated carbocycles. The van der Waals surface area contributed by atoms with E-state index in [1.54, 1.807) is 0 Å². The van der Waals surface area contributed by atoms with E-state index in [1.165, 1.54) is 77.2 Å². The highest BCUT2D eigenvalue weighted by atomic mass is 14.2. The maximum Gasteiger partial charge on any atom is 0.00507 e. The number of benzene rings is 6. The molecule has 0 nitrogen and oxygen atoms in total. The Morgan fingerprint density at radius 1 is 0.580 bits per heavy atom. The fourth-order valence-corrected chi connectivity index (χ4v) is 7.15. The van der Waals surface area contributed by atoms with E-state index in [0.717, 1.165) is 12.8 Å². The molecule has 0 heterocycles. The van der Waals surface area contributed by atoms with Gasteiger partial charge in [0.15, 0.2) is 0 Å². The molecule has 0 radical (unpaired) electrons. The van der Waals surface area contributed by atoms with Crippen LogP contribution in [0.25, 0.3) is 60.5 Å². The number of fused-ring (bicyclic) bond motifs is 2. The van der Waals surface area contributed by atoms with Crippen LogP contribution in [0.5, 0.6) is 0 Å². The lowest BCUT2D eigenvalue weighted by Gasteiger charge is -2.21. The van der Waals surface area contributed by atoms with Crippen LogP contribution in [0.4, 0.5) is 0 Å². The molecule has 0 aromatic heterocycles. The lowest BCUT2D eigenvalue weighted by molar-refractivity contribution is 0.673. The van der Waals surface area contributed by atoms with Crippen LogP contribution in [0.1, 0.15) is 57.7 Å². The maximum atomic E-state index is 4.04. The molecule has 0 spiro atoms. The van der Waals surface area contributed by atoms with Crippen molar-refractivity contribution in [3.63, 3.8) is 0 Å². The predicted molar refractivity (Wildman–Crippen MR) is 224 cm³/mol. The molecule has 7 rings (SSSR count). The van der Waals surface area contributed by atoms with E-state index in [9.17, 15) is 0 Å². The van der Waals surface area contributed by atoms with Crippen LogP contribution in [-0.4, -0.2) is 0 Å². The third kappa shape index (κ3) is 7.36. The lowest BCUT2D eigenvalue weighted by Crippen LogP contribution is -2.08. The number of rotatable bonds is 8. The molecule has 6 aromatic rings. The minimum Gasteiger partial charge on any atom is -0.102 e. The molecule has 0 N–H and O–H groups in total. The molecule has 2 atom stereocenters. The fraction of sp³-hybridized carbons (Fsp3) is 0.200. The van der Waals surface area contributed by atoms with Gasteiger partial charge in [0.05, 0.1) is 0 Å². The summed E-state index contributed by atoms with van der Waals surface area (Å²) in [6, 6.07) is 42.9. The quantitative estimate of drug-likeness (QED) is 0.144. The molecule has 252 valence electrons. The highest BCUT2D eigenvalue weighted by Gasteiger charge is 2.17. The lowest BCUT2D eigenvalue weighted by atomic mass is 9.84. The Kier molecular flexibility index (Phi) is 12.2. The van der Waals surface area contributed by atoms with Crippen LogP contribution < -0.4 is 0 Å². The second-order valence-corrected chi connectivity index (χ2v) is 12.5. The summed E-state index contributed by atoms with van der Waals surface area (Å²) in [7, 11) is 0. The Hall–Kier alpha value is -5.20. The smallest absolute Gasteiger partial charge is 0.00507 e. The summed E-state index contributed by atoms with van der Waals surface area (Å²) in [5.74, 6) is 0.583. The number of hydrogen-bond acceptors (Lipinski definition) is 0. The first-order valence-corrected chi connectivity index (χ1v) is 18.5. The minimum absolute atomic E-state index is 0.275. The molecule has 1 aliphatic rings. The van der Waals surface area contributed by atoms with Gasteiger partial charge in [0.2, 0.25) is 0 Å². The van der Waals surface area contributed by atoms with Crippen molar-refractivity contribution in [2.45, 2.75) is 54.4 Å². The van der Waals surface area contributed by atoms with Crippen LogP contribution in [-0.2, 0) is 6.42 Å². The molecule has 2 unspecified atom stereocenters. The summed E-state index contributed by atoms with van der Waals surface area (Å²) in [5.41, 5.74) is 12.8. The molecule has 0 heteroatoms. The van der Waals surface area contributed by atoms with Crippen LogP contribution in [0, 0.1) is 18.8 Å². The van der Waals surface area contributed by atoms with E-state index in [1.807, 2.05) is 39.8 Å². The van der Waals surface area contributed by atoms with Crippen molar-refractivity contribution in [3.05, 3.63) is 175 Å². The molecule has 0 fully saturated rings. The highest BCUT2D eigenvalue weighted by Crippen LogP contribution is 2.40. The first-order chi connectivity index (χ1) is 24.6. The van der Waals surface area contributed by atoms with E-state index in [4.69, 9.17) is 0 Å². The van der Waals surface area contributed by atoms with Gasteiger partial charge < -0.3 is 0 Å². The maximum absolute atomic E-state index is 4.04. The predicted octanol–water partition coefficient (Wildman–Crippen LogP) is 14.9. The number of allylic oxidation sites excluding steroid dienone is 6. The van der Waals surface area contributed by atoms with Crippen molar-refractivity contribution in [2.75, 3.05) is 0 Å². The summed E-state index contributed by atoms with van der Waals surface area (Å²) in [6.07, 6.45) is 13.0.